The molecule has 1 fully saturated rings. The first-order valence-electron chi connectivity index (χ1n) is 8.54. The number of nitrogens with one attached hydrogen (secondary N) is 1. The Labute approximate surface area is 150 Å². The molecule has 1 N–H and O–H groups in total. The molecule has 4 rings (SSSR count). The van der Waals surface area contributed by atoms with Crippen LogP contribution in [0.2, 0.25) is 0 Å². The summed E-state index contributed by atoms with van der Waals surface area (Å²) in [5.41, 5.74) is 0.855. The monoisotopic (exact) mass is 349 g/mol. The fourth-order valence-corrected chi connectivity index (χ4v) is 3.03. The van der Waals surface area contributed by atoms with Crippen LogP contribution in [0, 0.1) is 0 Å². The molecule has 8 nitrogen and oxygen atoms in total. The number of amides is 1. The van der Waals surface area contributed by atoms with Crippen LogP contribution in [0.15, 0.2) is 49.1 Å². The number of para-hydroxylation sites is 1. The van der Waals surface area contributed by atoms with Gasteiger partial charge in [-0.15, -0.1) is 0 Å². The Morgan fingerprint density at radius 2 is 1.73 bits per heavy atom. The summed E-state index contributed by atoms with van der Waals surface area (Å²) in [6, 6.07) is 9.53. The Hall–Kier alpha value is -3.29. The van der Waals surface area contributed by atoms with Gasteiger partial charge in [0.25, 0.3) is 0 Å². The van der Waals surface area contributed by atoms with Crippen LogP contribution in [-0.4, -0.2) is 63.5 Å². The second kappa shape index (κ2) is 7.30. The van der Waals surface area contributed by atoms with E-state index in [2.05, 4.69) is 30.2 Å². The largest absolute Gasteiger partial charge is 0.360 e. The molecule has 1 amide bonds. The van der Waals surface area contributed by atoms with E-state index in [1.165, 1.54) is 6.33 Å². The van der Waals surface area contributed by atoms with Crippen molar-refractivity contribution in [3.8, 4) is 0 Å². The number of anilines is 2. The lowest BCUT2D eigenvalue weighted by Crippen LogP contribution is -2.50. The molecule has 0 aliphatic carbocycles. The standard InChI is InChI=1S/C18H19N7O/c26-16(12-21-17-14-4-1-2-5-15(14)22-13-23-17)24-8-10-25(11-9-24)18-19-6-3-7-20-18/h1-7,13H,8-12H2,(H,21,22,23). The minimum Gasteiger partial charge on any atom is -0.360 e. The first-order chi connectivity index (χ1) is 12.8. The fraction of sp³-hybridized carbons (Fsp3) is 0.278. The number of carbonyl (C=O) groups excluding carboxylic acids is 1. The number of aromatic nitrogens is 4. The van der Waals surface area contributed by atoms with Gasteiger partial charge in [0.15, 0.2) is 0 Å². The Morgan fingerprint density at radius 1 is 0.962 bits per heavy atom. The molecule has 3 heterocycles. The topological polar surface area (TPSA) is 87.1 Å². The maximum Gasteiger partial charge on any atom is 0.242 e. The minimum absolute atomic E-state index is 0.0568. The van der Waals surface area contributed by atoms with Crippen molar-refractivity contribution >= 4 is 28.6 Å². The molecule has 0 atom stereocenters. The number of hydrogen-bond acceptors (Lipinski definition) is 7. The number of hydrogen-bond donors (Lipinski definition) is 1. The van der Waals surface area contributed by atoms with Gasteiger partial charge in [0.05, 0.1) is 12.1 Å². The lowest BCUT2D eigenvalue weighted by atomic mass is 10.2. The van der Waals surface area contributed by atoms with Crippen molar-refractivity contribution in [1.29, 1.82) is 0 Å². The molecule has 2 aromatic heterocycles. The minimum atomic E-state index is 0.0568. The number of benzene rings is 1. The third-order valence-corrected chi connectivity index (χ3v) is 4.42. The number of carbonyl (C=O) groups is 1. The summed E-state index contributed by atoms with van der Waals surface area (Å²) < 4.78 is 0. The Morgan fingerprint density at radius 3 is 2.54 bits per heavy atom. The maximum absolute atomic E-state index is 12.5. The van der Waals surface area contributed by atoms with Gasteiger partial charge >= 0.3 is 0 Å². The molecule has 8 heteroatoms. The van der Waals surface area contributed by atoms with Crippen molar-refractivity contribution in [2.45, 2.75) is 0 Å². The zero-order valence-corrected chi connectivity index (χ0v) is 14.2. The predicted octanol–water partition coefficient (Wildman–Crippen LogP) is 1.18. The van der Waals surface area contributed by atoms with E-state index in [1.807, 2.05) is 29.2 Å². The Balaban J connectivity index is 1.34. The van der Waals surface area contributed by atoms with Crippen molar-refractivity contribution in [3.63, 3.8) is 0 Å². The van der Waals surface area contributed by atoms with Crippen molar-refractivity contribution in [2.24, 2.45) is 0 Å². The molecule has 0 bridgehead atoms. The van der Waals surface area contributed by atoms with E-state index in [4.69, 9.17) is 0 Å². The van der Waals surface area contributed by atoms with Crippen LogP contribution < -0.4 is 10.2 Å². The molecule has 0 spiro atoms. The molecular weight excluding hydrogens is 330 g/mol. The van der Waals surface area contributed by atoms with Crippen LogP contribution in [0.4, 0.5) is 11.8 Å². The molecule has 0 unspecified atom stereocenters. The lowest BCUT2D eigenvalue weighted by Gasteiger charge is -2.34. The molecule has 0 saturated carbocycles. The zero-order valence-electron chi connectivity index (χ0n) is 14.2. The molecule has 26 heavy (non-hydrogen) atoms. The van der Waals surface area contributed by atoms with E-state index in [0.717, 1.165) is 24.0 Å². The summed E-state index contributed by atoms with van der Waals surface area (Å²) in [6.45, 7) is 2.98. The predicted molar refractivity (Wildman–Crippen MR) is 98.9 cm³/mol. The third-order valence-electron chi connectivity index (χ3n) is 4.42. The highest BCUT2D eigenvalue weighted by molar-refractivity contribution is 5.90. The van der Waals surface area contributed by atoms with Gasteiger partial charge in [-0.05, 0) is 18.2 Å². The first-order valence-corrected chi connectivity index (χ1v) is 8.54. The van der Waals surface area contributed by atoms with Crippen LogP contribution in [0.5, 0.6) is 0 Å². The number of rotatable bonds is 4. The second-order valence-electron chi connectivity index (χ2n) is 6.01. The summed E-state index contributed by atoms with van der Waals surface area (Å²) in [6.07, 6.45) is 4.97. The van der Waals surface area contributed by atoms with Gasteiger partial charge in [-0.1, -0.05) is 12.1 Å². The molecule has 1 aliphatic heterocycles. The van der Waals surface area contributed by atoms with Gasteiger partial charge in [-0.25, -0.2) is 19.9 Å². The number of fused-ring (bicyclic) bond motifs is 1. The van der Waals surface area contributed by atoms with Gasteiger partial charge in [-0.2, -0.15) is 0 Å². The first kappa shape index (κ1) is 16.2. The Kier molecular flexibility index (Phi) is 4.55. The van der Waals surface area contributed by atoms with Crippen LogP contribution in [0.1, 0.15) is 0 Å². The molecule has 1 aromatic carbocycles. The molecule has 132 valence electrons. The lowest BCUT2D eigenvalue weighted by molar-refractivity contribution is -0.129. The van der Waals surface area contributed by atoms with Crippen molar-refractivity contribution in [1.82, 2.24) is 24.8 Å². The average molecular weight is 349 g/mol. The van der Waals surface area contributed by atoms with E-state index in [1.54, 1.807) is 18.5 Å². The van der Waals surface area contributed by atoms with Crippen LogP contribution >= 0.6 is 0 Å². The number of piperazine rings is 1. The van der Waals surface area contributed by atoms with Crippen LogP contribution in [-0.2, 0) is 4.79 Å². The van der Waals surface area contributed by atoms with E-state index >= 15 is 0 Å². The van der Waals surface area contributed by atoms with Crippen LogP contribution in [0.25, 0.3) is 10.9 Å². The normalized spacial score (nSPS) is 14.5. The maximum atomic E-state index is 12.5. The molecule has 1 aliphatic rings. The average Bonchev–Trinajstić information content (AvgIpc) is 2.73. The SMILES string of the molecule is O=C(CNc1ncnc2ccccc12)N1CCN(c2ncccn2)CC1. The van der Waals surface area contributed by atoms with Gasteiger partial charge in [0, 0.05) is 44.0 Å². The highest BCUT2D eigenvalue weighted by Crippen LogP contribution is 2.18. The van der Waals surface area contributed by atoms with Crippen molar-refractivity contribution < 1.29 is 4.79 Å². The number of nitrogens with zero attached hydrogens (tertiary/aromatic N) is 6. The van der Waals surface area contributed by atoms with E-state index < -0.39 is 0 Å². The summed E-state index contributed by atoms with van der Waals surface area (Å²) in [5.74, 6) is 1.45. The second-order valence-corrected chi connectivity index (χ2v) is 6.01. The van der Waals surface area contributed by atoms with Gasteiger partial charge in [0.1, 0.15) is 12.1 Å². The van der Waals surface area contributed by atoms with E-state index in [9.17, 15) is 4.79 Å². The smallest absolute Gasteiger partial charge is 0.242 e. The molecule has 3 aromatic rings. The van der Waals surface area contributed by atoms with Gasteiger partial charge in [-0.3, -0.25) is 4.79 Å². The van der Waals surface area contributed by atoms with E-state index in [0.29, 0.717) is 24.9 Å². The highest BCUT2D eigenvalue weighted by Gasteiger charge is 2.22. The Bertz CT molecular complexity index is 889. The summed E-state index contributed by atoms with van der Waals surface area (Å²) in [4.78, 5) is 33.5. The van der Waals surface area contributed by atoms with Gasteiger partial charge in [0.2, 0.25) is 11.9 Å². The highest BCUT2D eigenvalue weighted by atomic mass is 16.2. The fourth-order valence-electron chi connectivity index (χ4n) is 3.03. The summed E-state index contributed by atoms with van der Waals surface area (Å²) in [5, 5.41) is 4.06. The van der Waals surface area contributed by atoms with E-state index in [-0.39, 0.29) is 12.5 Å². The zero-order chi connectivity index (χ0) is 17.8. The molecule has 0 radical (unpaired) electrons. The van der Waals surface area contributed by atoms with Crippen LogP contribution in [0.3, 0.4) is 0 Å². The molecular formula is C18H19N7O. The third kappa shape index (κ3) is 3.39. The van der Waals surface area contributed by atoms with Crippen molar-refractivity contribution in [3.05, 3.63) is 49.1 Å². The summed E-state index contributed by atoms with van der Waals surface area (Å²) in [7, 11) is 0. The summed E-state index contributed by atoms with van der Waals surface area (Å²) >= 11 is 0. The quantitative estimate of drug-likeness (QED) is 0.757. The molecule has 1 saturated heterocycles. The van der Waals surface area contributed by atoms with Gasteiger partial charge < -0.3 is 15.1 Å². The van der Waals surface area contributed by atoms with Crippen molar-refractivity contribution in [2.75, 3.05) is 42.9 Å².